The largest absolute Gasteiger partial charge is 0.388 e. The Morgan fingerprint density at radius 3 is 2.79 bits per heavy atom. The molecule has 0 aliphatic rings. The molecule has 0 saturated heterocycles. The van der Waals surface area contributed by atoms with Crippen molar-refractivity contribution in [3.8, 4) is 6.07 Å². The topological polar surface area (TPSA) is 78.9 Å². The van der Waals surface area contributed by atoms with Crippen LogP contribution in [0.4, 0.5) is 11.7 Å². The standard InChI is InChI=1S/C13H7N3O2S/c14-7-8-1-3-9(4-2-8)15-13-16-11-10(5-6-19-11)12(17)18-13/h1-6H,(H,15,16). The molecule has 0 aliphatic carbocycles. The number of nitrogens with zero attached hydrogens (tertiary/aromatic N) is 2. The molecule has 0 amide bonds. The van der Waals surface area contributed by atoms with E-state index in [1.165, 1.54) is 11.3 Å². The first-order valence-corrected chi connectivity index (χ1v) is 6.30. The highest BCUT2D eigenvalue weighted by molar-refractivity contribution is 7.16. The summed E-state index contributed by atoms with van der Waals surface area (Å²) in [6, 6.07) is 10.6. The Hall–Kier alpha value is -2.65. The first-order valence-electron chi connectivity index (χ1n) is 5.42. The molecule has 1 aromatic carbocycles. The van der Waals surface area contributed by atoms with Crippen LogP contribution in [0.1, 0.15) is 5.56 Å². The van der Waals surface area contributed by atoms with Gasteiger partial charge in [-0.3, -0.25) is 0 Å². The van der Waals surface area contributed by atoms with Gasteiger partial charge < -0.3 is 9.73 Å². The van der Waals surface area contributed by atoms with E-state index in [-0.39, 0.29) is 6.01 Å². The van der Waals surface area contributed by atoms with Crippen molar-refractivity contribution in [3.05, 3.63) is 51.7 Å². The highest BCUT2D eigenvalue weighted by Gasteiger charge is 2.07. The molecule has 0 unspecified atom stereocenters. The molecular weight excluding hydrogens is 262 g/mol. The first kappa shape index (κ1) is 11.4. The van der Waals surface area contributed by atoms with Crippen LogP contribution in [0.15, 0.2) is 44.9 Å². The normalized spacial score (nSPS) is 10.3. The van der Waals surface area contributed by atoms with Gasteiger partial charge in [0, 0.05) is 5.69 Å². The molecule has 5 nitrogen and oxygen atoms in total. The molecule has 92 valence electrons. The van der Waals surface area contributed by atoms with E-state index < -0.39 is 5.63 Å². The highest BCUT2D eigenvalue weighted by Crippen LogP contribution is 2.19. The minimum absolute atomic E-state index is 0.143. The van der Waals surface area contributed by atoms with Gasteiger partial charge in [0.15, 0.2) is 0 Å². The second-order valence-electron chi connectivity index (χ2n) is 3.76. The van der Waals surface area contributed by atoms with Crippen LogP contribution in [-0.2, 0) is 0 Å². The zero-order valence-electron chi connectivity index (χ0n) is 9.58. The summed E-state index contributed by atoms with van der Waals surface area (Å²) in [6.07, 6.45) is 0. The van der Waals surface area contributed by atoms with Crippen molar-refractivity contribution in [2.45, 2.75) is 0 Å². The van der Waals surface area contributed by atoms with Crippen LogP contribution in [0.5, 0.6) is 0 Å². The van der Waals surface area contributed by atoms with Gasteiger partial charge in [-0.1, -0.05) is 0 Å². The number of nitriles is 1. The molecule has 3 rings (SSSR count). The molecular formula is C13H7N3O2S. The van der Waals surface area contributed by atoms with Crippen LogP contribution in [0.2, 0.25) is 0 Å². The van der Waals surface area contributed by atoms with Crippen LogP contribution in [0, 0.1) is 11.3 Å². The Morgan fingerprint density at radius 1 is 1.26 bits per heavy atom. The van der Waals surface area contributed by atoms with Crippen molar-refractivity contribution in [1.82, 2.24) is 4.98 Å². The minimum Gasteiger partial charge on any atom is -0.388 e. The SMILES string of the molecule is N#Cc1ccc(Nc2nc3sccc3c(=O)o2)cc1. The second kappa shape index (κ2) is 4.55. The molecule has 2 aromatic heterocycles. The quantitative estimate of drug-likeness (QED) is 0.773. The lowest BCUT2D eigenvalue weighted by molar-refractivity contribution is 0.522. The number of thiophene rings is 1. The summed E-state index contributed by atoms with van der Waals surface area (Å²) in [7, 11) is 0. The average Bonchev–Trinajstić information content (AvgIpc) is 2.88. The van der Waals surface area contributed by atoms with Crippen LogP contribution >= 0.6 is 11.3 Å². The summed E-state index contributed by atoms with van der Waals surface area (Å²) < 4.78 is 5.07. The molecule has 0 spiro atoms. The van der Waals surface area contributed by atoms with E-state index in [4.69, 9.17) is 9.68 Å². The molecule has 0 saturated carbocycles. The van der Waals surface area contributed by atoms with Gasteiger partial charge >= 0.3 is 11.6 Å². The summed E-state index contributed by atoms with van der Waals surface area (Å²) in [5.74, 6) is 0. The van der Waals surface area contributed by atoms with Crippen molar-refractivity contribution in [1.29, 1.82) is 5.26 Å². The van der Waals surface area contributed by atoms with E-state index in [1.54, 1.807) is 35.7 Å². The van der Waals surface area contributed by atoms with Crippen LogP contribution in [-0.4, -0.2) is 4.98 Å². The maximum atomic E-state index is 11.7. The fraction of sp³-hybridized carbons (Fsp3) is 0. The number of aromatic nitrogens is 1. The van der Waals surface area contributed by atoms with Crippen molar-refractivity contribution < 1.29 is 4.42 Å². The molecule has 2 heterocycles. The minimum atomic E-state index is -0.414. The third kappa shape index (κ3) is 2.19. The fourth-order valence-electron chi connectivity index (χ4n) is 1.61. The molecule has 19 heavy (non-hydrogen) atoms. The Labute approximate surface area is 111 Å². The Bertz CT molecular complexity index is 827. The van der Waals surface area contributed by atoms with Gasteiger partial charge in [-0.05, 0) is 35.7 Å². The van der Waals surface area contributed by atoms with Crippen molar-refractivity contribution in [2.24, 2.45) is 0 Å². The van der Waals surface area contributed by atoms with Gasteiger partial charge in [0.05, 0.1) is 17.0 Å². The predicted octanol–water partition coefficient (Wildman–Crippen LogP) is 2.86. The molecule has 6 heteroatoms. The van der Waals surface area contributed by atoms with Crippen LogP contribution < -0.4 is 10.9 Å². The van der Waals surface area contributed by atoms with Gasteiger partial charge in [-0.25, -0.2) is 4.79 Å². The van der Waals surface area contributed by atoms with Gasteiger partial charge in [-0.2, -0.15) is 10.2 Å². The predicted molar refractivity (Wildman–Crippen MR) is 72.6 cm³/mol. The zero-order valence-corrected chi connectivity index (χ0v) is 10.4. The average molecular weight is 269 g/mol. The molecule has 0 atom stereocenters. The van der Waals surface area contributed by atoms with E-state index in [1.807, 2.05) is 6.07 Å². The van der Waals surface area contributed by atoms with Gasteiger partial charge in [0.2, 0.25) is 0 Å². The number of benzene rings is 1. The van der Waals surface area contributed by atoms with Crippen molar-refractivity contribution >= 4 is 33.3 Å². The maximum absolute atomic E-state index is 11.7. The van der Waals surface area contributed by atoms with Crippen molar-refractivity contribution in [3.63, 3.8) is 0 Å². The molecule has 0 fully saturated rings. The summed E-state index contributed by atoms with van der Waals surface area (Å²) >= 11 is 1.38. The van der Waals surface area contributed by atoms with E-state index in [9.17, 15) is 4.79 Å². The molecule has 3 aromatic rings. The smallest absolute Gasteiger partial charge is 0.349 e. The van der Waals surface area contributed by atoms with E-state index in [0.29, 0.717) is 21.5 Å². The van der Waals surface area contributed by atoms with Crippen LogP contribution in [0.3, 0.4) is 0 Å². The number of nitrogens with one attached hydrogen (secondary N) is 1. The Balaban J connectivity index is 1.96. The highest BCUT2D eigenvalue weighted by atomic mass is 32.1. The third-order valence-corrected chi connectivity index (χ3v) is 3.33. The molecule has 0 aliphatic heterocycles. The number of hydrogen-bond donors (Lipinski definition) is 1. The first-order chi connectivity index (χ1) is 9.26. The second-order valence-corrected chi connectivity index (χ2v) is 4.65. The lowest BCUT2D eigenvalue weighted by Gasteiger charge is -2.03. The zero-order chi connectivity index (χ0) is 13.2. The summed E-state index contributed by atoms with van der Waals surface area (Å²) in [4.78, 5) is 16.5. The summed E-state index contributed by atoms with van der Waals surface area (Å²) in [5.41, 5.74) is 0.849. The lowest BCUT2D eigenvalue weighted by Crippen LogP contribution is -2.03. The van der Waals surface area contributed by atoms with Gasteiger partial charge in [0.25, 0.3) is 0 Å². The number of anilines is 2. The van der Waals surface area contributed by atoms with Gasteiger partial charge in [-0.15, -0.1) is 11.3 Å². The van der Waals surface area contributed by atoms with Crippen molar-refractivity contribution in [2.75, 3.05) is 5.32 Å². The van der Waals surface area contributed by atoms with E-state index in [0.717, 1.165) is 0 Å². The number of fused-ring (bicyclic) bond motifs is 1. The molecule has 1 N–H and O–H groups in total. The summed E-state index contributed by atoms with van der Waals surface area (Å²) in [5, 5.41) is 13.9. The van der Waals surface area contributed by atoms with Gasteiger partial charge in [0.1, 0.15) is 4.83 Å². The van der Waals surface area contributed by atoms with E-state index >= 15 is 0 Å². The van der Waals surface area contributed by atoms with Crippen LogP contribution in [0.25, 0.3) is 10.2 Å². The monoisotopic (exact) mass is 269 g/mol. The third-order valence-electron chi connectivity index (χ3n) is 2.52. The fourth-order valence-corrected chi connectivity index (χ4v) is 2.35. The number of rotatable bonds is 2. The lowest BCUT2D eigenvalue weighted by atomic mass is 10.2. The Kier molecular flexibility index (Phi) is 2.74. The molecule has 0 radical (unpaired) electrons. The maximum Gasteiger partial charge on any atom is 0.349 e. The Morgan fingerprint density at radius 2 is 2.05 bits per heavy atom. The number of hydrogen-bond acceptors (Lipinski definition) is 6. The van der Waals surface area contributed by atoms with E-state index in [2.05, 4.69) is 10.3 Å². The molecule has 0 bridgehead atoms. The summed E-state index contributed by atoms with van der Waals surface area (Å²) in [6.45, 7) is 0.